The molecular weight excluding hydrogens is 492 g/mol. The standard InChI is InChI=1S/C26H28N6O4S/c1-15-22(16(2)36-30-15)18-8-9-20-23-24(18)35-13-21(19-5-3-4-11-28-19)32(23)25(29-20)26(10-12-27-14-26)31-37(33,34)17-6-7-17/h3-5,8-9,11,17,21,27,31H,6-7,10,12-14H2,1-2H3/t21-,26-/m1/s1. The normalized spacial score (nSPS) is 23.5. The van der Waals surface area contributed by atoms with Gasteiger partial charge in [-0.2, -0.15) is 4.72 Å². The predicted octanol–water partition coefficient (Wildman–Crippen LogP) is 2.96. The van der Waals surface area contributed by atoms with E-state index in [0.29, 0.717) is 56.3 Å². The van der Waals surface area contributed by atoms with Crippen molar-refractivity contribution in [1.29, 1.82) is 0 Å². The molecular formula is C26H28N6O4S. The van der Waals surface area contributed by atoms with E-state index in [1.807, 2.05) is 44.2 Å². The largest absolute Gasteiger partial charge is 0.488 e. The van der Waals surface area contributed by atoms with Gasteiger partial charge in [-0.05, 0) is 63.9 Å². The molecule has 3 aliphatic rings. The lowest BCUT2D eigenvalue weighted by atomic mass is 9.97. The molecule has 2 N–H and O–H groups in total. The molecule has 192 valence electrons. The maximum atomic E-state index is 13.2. The van der Waals surface area contributed by atoms with E-state index in [4.69, 9.17) is 14.2 Å². The Hall–Kier alpha value is -3.28. The summed E-state index contributed by atoms with van der Waals surface area (Å²) in [5.74, 6) is 2.10. The van der Waals surface area contributed by atoms with Crippen LogP contribution in [0.4, 0.5) is 0 Å². The zero-order chi connectivity index (χ0) is 25.4. The van der Waals surface area contributed by atoms with E-state index < -0.39 is 15.6 Å². The van der Waals surface area contributed by atoms with Crippen LogP contribution in [-0.2, 0) is 15.6 Å². The summed E-state index contributed by atoms with van der Waals surface area (Å²) >= 11 is 0. The molecule has 0 bridgehead atoms. The molecule has 0 spiro atoms. The number of pyridine rings is 1. The highest BCUT2D eigenvalue weighted by Gasteiger charge is 2.49. The number of imidazole rings is 1. The second kappa shape index (κ2) is 8.11. The maximum Gasteiger partial charge on any atom is 0.215 e. The monoisotopic (exact) mass is 520 g/mol. The molecule has 2 fully saturated rings. The smallest absolute Gasteiger partial charge is 0.215 e. The van der Waals surface area contributed by atoms with Crippen LogP contribution >= 0.6 is 0 Å². The van der Waals surface area contributed by atoms with Gasteiger partial charge in [0.1, 0.15) is 35.3 Å². The molecule has 0 radical (unpaired) electrons. The average molecular weight is 521 g/mol. The van der Waals surface area contributed by atoms with Crippen molar-refractivity contribution in [2.75, 3.05) is 19.7 Å². The summed E-state index contributed by atoms with van der Waals surface area (Å²) in [5.41, 5.74) is 4.10. The first-order chi connectivity index (χ1) is 17.9. The van der Waals surface area contributed by atoms with Crippen LogP contribution in [0, 0.1) is 13.8 Å². The summed E-state index contributed by atoms with van der Waals surface area (Å²) in [7, 11) is -3.48. The summed E-state index contributed by atoms with van der Waals surface area (Å²) in [6.45, 7) is 5.29. The summed E-state index contributed by atoms with van der Waals surface area (Å²) in [6, 6.07) is 9.50. The predicted molar refractivity (Wildman–Crippen MR) is 137 cm³/mol. The average Bonchev–Trinajstić information content (AvgIpc) is 3.43. The molecule has 0 unspecified atom stereocenters. The fraction of sp³-hybridized carbons (Fsp3) is 0.423. The second-order valence-electron chi connectivity index (χ2n) is 10.3. The van der Waals surface area contributed by atoms with E-state index in [2.05, 4.69) is 24.7 Å². The minimum Gasteiger partial charge on any atom is -0.488 e. The van der Waals surface area contributed by atoms with Crippen LogP contribution in [0.2, 0.25) is 0 Å². The number of hydrogen-bond donors (Lipinski definition) is 2. The van der Waals surface area contributed by atoms with Crippen molar-refractivity contribution < 1.29 is 17.7 Å². The molecule has 2 aliphatic heterocycles. The number of benzene rings is 1. The first kappa shape index (κ1) is 22.9. The Kier molecular flexibility index (Phi) is 5.01. The summed E-state index contributed by atoms with van der Waals surface area (Å²) in [5, 5.41) is 7.20. The number of rotatable bonds is 6. The SMILES string of the molecule is Cc1noc(C)c1-c1ccc2nc([C@@]3(NS(=O)(=O)C4CC4)CCNC3)n3c2c1OC[C@@H]3c1ccccn1. The van der Waals surface area contributed by atoms with Gasteiger partial charge < -0.3 is 19.1 Å². The Morgan fingerprint density at radius 1 is 1.19 bits per heavy atom. The summed E-state index contributed by atoms with van der Waals surface area (Å²) < 4.78 is 43.6. The van der Waals surface area contributed by atoms with Gasteiger partial charge in [-0.3, -0.25) is 4.98 Å². The van der Waals surface area contributed by atoms with Crippen LogP contribution in [0.15, 0.2) is 41.1 Å². The fourth-order valence-electron chi connectivity index (χ4n) is 5.79. The second-order valence-corrected chi connectivity index (χ2v) is 12.2. The molecule has 2 atom stereocenters. The third kappa shape index (κ3) is 3.52. The van der Waals surface area contributed by atoms with E-state index in [9.17, 15) is 8.42 Å². The van der Waals surface area contributed by atoms with E-state index in [1.165, 1.54) is 0 Å². The number of ether oxygens (including phenoxy) is 1. The van der Waals surface area contributed by atoms with Gasteiger partial charge in [-0.1, -0.05) is 11.2 Å². The molecule has 4 aromatic rings. The number of aromatic nitrogens is 4. The maximum absolute atomic E-state index is 13.2. The van der Waals surface area contributed by atoms with Gasteiger partial charge >= 0.3 is 0 Å². The number of nitrogens with one attached hydrogen (secondary N) is 2. The molecule has 5 heterocycles. The van der Waals surface area contributed by atoms with Crippen molar-refractivity contribution in [3.8, 4) is 16.9 Å². The van der Waals surface area contributed by atoms with Crippen molar-refractivity contribution in [3.63, 3.8) is 0 Å². The van der Waals surface area contributed by atoms with Gasteiger partial charge in [0.25, 0.3) is 0 Å². The van der Waals surface area contributed by atoms with E-state index in [0.717, 1.165) is 33.5 Å². The lowest BCUT2D eigenvalue weighted by Crippen LogP contribution is -2.50. The Bertz CT molecular complexity index is 1600. The van der Waals surface area contributed by atoms with Gasteiger partial charge in [0.05, 0.1) is 27.7 Å². The molecule has 1 saturated carbocycles. The third-order valence-corrected chi connectivity index (χ3v) is 9.74. The number of nitrogens with zero attached hydrogens (tertiary/aromatic N) is 4. The molecule has 1 aliphatic carbocycles. The van der Waals surface area contributed by atoms with Crippen molar-refractivity contribution in [1.82, 2.24) is 29.7 Å². The quantitative estimate of drug-likeness (QED) is 0.398. The van der Waals surface area contributed by atoms with Crippen molar-refractivity contribution in [2.45, 2.75) is 49.9 Å². The van der Waals surface area contributed by atoms with Crippen LogP contribution in [-0.4, -0.2) is 53.1 Å². The molecule has 10 nitrogen and oxygen atoms in total. The Labute approximate surface area is 214 Å². The lowest BCUT2D eigenvalue weighted by Gasteiger charge is -2.34. The van der Waals surface area contributed by atoms with Gasteiger partial charge in [-0.25, -0.2) is 13.4 Å². The van der Waals surface area contributed by atoms with Gasteiger partial charge in [0, 0.05) is 18.3 Å². The van der Waals surface area contributed by atoms with Crippen LogP contribution in [0.5, 0.6) is 5.75 Å². The van der Waals surface area contributed by atoms with Crippen molar-refractivity contribution in [3.05, 3.63) is 59.5 Å². The Morgan fingerprint density at radius 2 is 2.05 bits per heavy atom. The van der Waals surface area contributed by atoms with Crippen LogP contribution < -0.4 is 14.8 Å². The van der Waals surface area contributed by atoms with E-state index in [1.54, 1.807) is 6.20 Å². The van der Waals surface area contributed by atoms with Crippen LogP contribution in [0.25, 0.3) is 22.2 Å². The van der Waals surface area contributed by atoms with E-state index >= 15 is 0 Å². The van der Waals surface area contributed by atoms with Gasteiger partial charge in [0.2, 0.25) is 10.0 Å². The molecule has 0 amide bonds. The zero-order valence-corrected chi connectivity index (χ0v) is 21.5. The molecule has 1 saturated heterocycles. The zero-order valence-electron chi connectivity index (χ0n) is 20.7. The lowest BCUT2D eigenvalue weighted by molar-refractivity contribution is 0.246. The summed E-state index contributed by atoms with van der Waals surface area (Å²) in [4.78, 5) is 9.73. The first-order valence-electron chi connectivity index (χ1n) is 12.6. The molecule has 11 heteroatoms. The molecule has 1 aromatic carbocycles. The highest BCUT2D eigenvalue weighted by Crippen LogP contribution is 2.46. The third-order valence-electron chi connectivity index (χ3n) is 7.72. The highest BCUT2D eigenvalue weighted by molar-refractivity contribution is 7.90. The molecule has 7 rings (SSSR count). The minimum absolute atomic E-state index is 0.267. The minimum atomic E-state index is -3.48. The number of hydrogen-bond acceptors (Lipinski definition) is 8. The molecule has 3 aromatic heterocycles. The summed E-state index contributed by atoms with van der Waals surface area (Å²) in [6.07, 6.45) is 3.76. The first-order valence-corrected chi connectivity index (χ1v) is 14.2. The van der Waals surface area contributed by atoms with Gasteiger partial charge in [0.15, 0.2) is 5.75 Å². The van der Waals surface area contributed by atoms with E-state index in [-0.39, 0.29) is 11.3 Å². The van der Waals surface area contributed by atoms with Crippen LogP contribution in [0.1, 0.15) is 48.3 Å². The Balaban J connectivity index is 1.50. The highest BCUT2D eigenvalue weighted by atomic mass is 32.2. The number of aryl methyl sites for hydroxylation is 2. The van der Waals surface area contributed by atoms with Crippen molar-refractivity contribution in [2.24, 2.45) is 0 Å². The Morgan fingerprint density at radius 3 is 2.73 bits per heavy atom. The number of sulfonamides is 1. The van der Waals surface area contributed by atoms with Crippen LogP contribution in [0.3, 0.4) is 0 Å². The van der Waals surface area contributed by atoms with Crippen molar-refractivity contribution >= 4 is 21.1 Å². The van der Waals surface area contributed by atoms with Gasteiger partial charge in [-0.15, -0.1) is 0 Å². The molecule has 37 heavy (non-hydrogen) atoms. The topological polar surface area (TPSA) is 124 Å². The fourth-order valence-corrected chi connectivity index (χ4v) is 7.52.